The van der Waals surface area contributed by atoms with Gasteiger partial charge in [0, 0.05) is 11.3 Å². The van der Waals surface area contributed by atoms with Gasteiger partial charge in [-0.25, -0.2) is 9.18 Å². The number of methoxy groups -OCH3 is 2. The van der Waals surface area contributed by atoms with Gasteiger partial charge in [-0.2, -0.15) is 10.1 Å². The van der Waals surface area contributed by atoms with Crippen LogP contribution in [0, 0.1) is 5.82 Å². The summed E-state index contributed by atoms with van der Waals surface area (Å²) in [6, 6.07) is 13.4. The van der Waals surface area contributed by atoms with Crippen molar-refractivity contribution in [2.45, 2.75) is 26.0 Å². The number of ether oxygens (including phenoxy) is 3. The van der Waals surface area contributed by atoms with Gasteiger partial charge in [-0.3, -0.25) is 4.79 Å². The summed E-state index contributed by atoms with van der Waals surface area (Å²) < 4.78 is 30.4. The summed E-state index contributed by atoms with van der Waals surface area (Å²) in [5.74, 6) is -0.631. The van der Waals surface area contributed by atoms with Gasteiger partial charge in [-0.15, -0.1) is 11.3 Å². The van der Waals surface area contributed by atoms with Crippen molar-refractivity contribution in [1.82, 2.24) is 5.01 Å². The Labute approximate surface area is 205 Å². The van der Waals surface area contributed by atoms with E-state index in [0.717, 1.165) is 5.56 Å². The lowest BCUT2D eigenvalue weighted by atomic mass is 10.0. The van der Waals surface area contributed by atoms with Crippen molar-refractivity contribution in [3.05, 3.63) is 75.7 Å². The standard InChI is InChI=1S/C25H24FN3O5S/c1-4-19-21(17-11-12-18(26)23(33-3)22(17)32-2)28-29(25(31)34-19)14-15-7-9-16(10-8-15)27-24(30)20-6-5-13-35-20/h5-13,19H,4,14H2,1-3H3,(H,27,30). The minimum atomic E-state index is -0.627. The van der Waals surface area contributed by atoms with Crippen molar-refractivity contribution in [2.24, 2.45) is 5.10 Å². The maximum Gasteiger partial charge on any atom is 0.431 e. The molecule has 2 heterocycles. The van der Waals surface area contributed by atoms with E-state index in [4.69, 9.17) is 14.2 Å². The number of rotatable bonds is 8. The second kappa shape index (κ2) is 10.6. The fraction of sp³-hybridized carbons (Fsp3) is 0.240. The molecule has 2 aromatic carbocycles. The number of amides is 2. The van der Waals surface area contributed by atoms with Crippen LogP contribution in [0.3, 0.4) is 0 Å². The first-order chi connectivity index (χ1) is 16.9. The Kier molecular flexibility index (Phi) is 7.31. The number of hydrogen-bond donors (Lipinski definition) is 1. The van der Waals surface area contributed by atoms with Crippen LogP contribution in [0.15, 0.2) is 59.0 Å². The molecule has 0 radical (unpaired) electrons. The van der Waals surface area contributed by atoms with Crippen LogP contribution in [-0.2, 0) is 11.3 Å². The number of carbonyl (C=O) groups excluding carboxylic acids is 2. The molecule has 4 rings (SSSR count). The molecule has 10 heteroatoms. The Bertz CT molecular complexity index is 1240. The summed E-state index contributed by atoms with van der Waals surface area (Å²) >= 11 is 1.36. The molecule has 1 aliphatic heterocycles. The van der Waals surface area contributed by atoms with Gasteiger partial charge in [0.1, 0.15) is 11.8 Å². The monoisotopic (exact) mass is 497 g/mol. The minimum Gasteiger partial charge on any atom is -0.492 e. The van der Waals surface area contributed by atoms with Crippen LogP contribution < -0.4 is 14.8 Å². The van der Waals surface area contributed by atoms with E-state index in [1.165, 1.54) is 42.7 Å². The molecule has 1 atom stereocenters. The highest BCUT2D eigenvalue weighted by molar-refractivity contribution is 7.12. The van der Waals surface area contributed by atoms with Crippen LogP contribution in [0.2, 0.25) is 0 Å². The number of benzene rings is 2. The van der Waals surface area contributed by atoms with E-state index in [9.17, 15) is 14.0 Å². The van der Waals surface area contributed by atoms with Gasteiger partial charge in [-0.1, -0.05) is 25.1 Å². The maximum atomic E-state index is 14.2. The van der Waals surface area contributed by atoms with Crippen molar-refractivity contribution in [3.63, 3.8) is 0 Å². The van der Waals surface area contributed by atoms with Gasteiger partial charge in [-0.05, 0) is 47.7 Å². The minimum absolute atomic E-state index is 0.0498. The zero-order chi connectivity index (χ0) is 24.9. The van der Waals surface area contributed by atoms with Crippen molar-refractivity contribution in [2.75, 3.05) is 19.5 Å². The van der Waals surface area contributed by atoms with Crippen LogP contribution in [-0.4, -0.2) is 43.0 Å². The SMILES string of the molecule is CCC1OC(=O)N(Cc2ccc(NC(=O)c3cccs3)cc2)N=C1c1ccc(F)c(OC)c1OC. The first-order valence-corrected chi connectivity index (χ1v) is 11.7. The normalized spacial score (nSPS) is 15.3. The summed E-state index contributed by atoms with van der Waals surface area (Å²) in [5.41, 5.74) is 2.31. The first kappa shape index (κ1) is 24.2. The Balaban J connectivity index is 1.58. The predicted octanol–water partition coefficient (Wildman–Crippen LogP) is 5.29. The molecular weight excluding hydrogens is 473 g/mol. The summed E-state index contributed by atoms with van der Waals surface area (Å²) in [7, 11) is 2.76. The van der Waals surface area contributed by atoms with Gasteiger partial charge < -0.3 is 19.5 Å². The molecule has 1 aliphatic rings. The van der Waals surface area contributed by atoms with E-state index in [2.05, 4.69) is 10.4 Å². The van der Waals surface area contributed by atoms with Gasteiger partial charge in [0.15, 0.2) is 17.3 Å². The number of anilines is 1. The molecule has 1 N–H and O–H groups in total. The number of nitrogens with zero attached hydrogens (tertiary/aromatic N) is 2. The van der Waals surface area contributed by atoms with E-state index in [1.807, 2.05) is 18.4 Å². The second-order valence-corrected chi connectivity index (χ2v) is 8.56. The number of nitrogens with one attached hydrogen (secondary N) is 1. The molecule has 1 aromatic heterocycles. The van der Waals surface area contributed by atoms with Crippen molar-refractivity contribution >= 4 is 34.7 Å². The number of hydrogen-bond acceptors (Lipinski definition) is 7. The zero-order valence-electron chi connectivity index (χ0n) is 19.4. The Hall–Kier alpha value is -3.92. The Morgan fingerprint density at radius 3 is 2.51 bits per heavy atom. The number of cyclic esters (lactones) is 1. The average Bonchev–Trinajstić information content (AvgIpc) is 3.41. The molecule has 8 nitrogen and oxygen atoms in total. The molecule has 2 amide bonds. The molecular formula is C25H24FN3O5S. The maximum absolute atomic E-state index is 14.2. The molecule has 0 spiro atoms. The van der Waals surface area contributed by atoms with Crippen LogP contribution >= 0.6 is 11.3 Å². The van der Waals surface area contributed by atoms with Crippen molar-refractivity contribution in [3.8, 4) is 11.5 Å². The highest BCUT2D eigenvalue weighted by Gasteiger charge is 2.33. The van der Waals surface area contributed by atoms with Crippen molar-refractivity contribution in [1.29, 1.82) is 0 Å². The molecule has 1 unspecified atom stereocenters. The van der Waals surface area contributed by atoms with Gasteiger partial charge in [0.2, 0.25) is 0 Å². The predicted molar refractivity (Wildman–Crippen MR) is 131 cm³/mol. The van der Waals surface area contributed by atoms with E-state index >= 15 is 0 Å². The molecule has 182 valence electrons. The fourth-order valence-corrected chi connectivity index (χ4v) is 4.30. The smallest absolute Gasteiger partial charge is 0.431 e. The largest absolute Gasteiger partial charge is 0.492 e. The Morgan fingerprint density at radius 1 is 1.14 bits per heavy atom. The van der Waals surface area contributed by atoms with Gasteiger partial charge >= 0.3 is 6.09 Å². The molecule has 35 heavy (non-hydrogen) atoms. The van der Waals surface area contributed by atoms with Gasteiger partial charge in [0.25, 0.3) is 5.91 Å². The quantitative estimate of drug-likeness (QED) is 0.457. The number of carbonyl (C=O) groups is 2. The molecule has 0 saturated heterocycles. The average molecular weight is 498 g/mol. The molecule has 0 fully saturated rings. The van der Waals surface area contributed by atoms with Crippen LogP contribution in [0.4, 0.5) is 14.9 Å². The number of hydrazone groups is 1. The summed E-state index contributed by atoms with van der Waals surface area (Å²) in [4.78, 5) is 25.5. The summed E-state index contributed by atoms with van der Waals surface area (Å²) in [5, 5.41) is 10.4. The topological polar surface area (TPSA) is 89.5 Å². The van der Waals surface area contributed by atoms with E-state index < -0.39 is 18.0 Å². The third-order valence-corrected chi connectivity index (χ3v) is 6.26. The molecule has 0 bridgehead atoms. The molecule has 3 aromatic rings. The lowest BCUT2D eigenvalue weighted by Crippen LogP contribution is -2.41. The highest BCUT2D eigenvalue weighted by Crippen LogP contribution is 2.36. The van der Waals surface area contributed by atoms with E-state index in [1.54, 1.807) is 30.3 Å². The fourth-order valence-electron chi connectivity index (χ4n) is 3.68. The van der Waals surface area contributed by atoms with Gasteiger partial charge in [0.05, 0.1) is 25.6 Å². The van der Waals surface area contributed by atoms with E-state index in [-0.39, 0.29) is 24.0 Å². The first-order valence-electron chi connectivity index (χ1n) is 10.9. The zero-order valence-corrected chi connectivity index (χ0v) is 20.2. The summed E-state index contributed by atoms with van der Waals surface area (Å²) in [6.45, 7) is 2.00. The van der Waals surface area contributed by atoms with E-state index in [0.29, 0.717) is 28.3 Å². The molecule has 0 saturated carbocycles. The van der Waals surface area contributed by atoms with Crippen LogP contribution in [0.25, 0.3) is 0 Å². The lowest BCUT2D eigenvalue weighted by Gasteiger charge is -2.30. The summed E-state index contributed by atoms with van der Waals surface area (Å²) in [6.07, 6.45) is -0.749. The molecule has 0 aliphatic carbocycles. The second-order valence-electron chi connectivity index (χ2n) is 7.61. The van der Waals surface area contributed by atoms with Crippen LogP contribution in [0.1, 0.15) is 34.1 Å². The number of thiophene rings is 1. The Morgan fingerprint density at radius 2 is 1.89 bits per heavy atom. The highest BCUT2D eigenvalue weighted by atomic mass is 32.1. The third kappa shape index (κ3) is 5.12. The number of halogens is 1. The van der Waals surface area contributed by atoms with Crippen molar-refractivity contribution < 1.29 is 28.2 Å². The third-order valence-electron chi connectivity index (χ3n) is 5.40. The lowest BCUT2D eigenvalue weighted by molar-refractivity contribution is 0.0711. The van der Waals surface area contributed by atoms with Crippen LogP contribution in [0.5, 0.6) is 11.5 Å².